The Morgan fingerprint density at radius 2 is 0.535 bits per heavy atom. The number of carbonyl (C=O) groups excluding carboxylic acids is 4. The molecule has 0 amide bonds. The van der Waals surface area contributed by atoms with Crippen LogP contribution in [-0.4, -0.2) is 96.7 Å². The molecule has 0 saturated heterocycles. The second kappa shape index (κ2) is 58.2. The van der Waals surface area contributed by atoms with Crippen molar-refractivity contribution in [3.63, 3.8) is 0 Å². The molecule has 0 heterocycles. The van der Waals surface area contributed by atoms with Crippen molar-refractivity contribution in [2.24, 2.45) is 17.8 Å². The van der Waals surface area contributed by atoms with Gasteiger partial charge in [-0.15, -0.1) is 0 Å². The molecule has 0 spiro atoms. The molecule has 19 heteroatoms. The van der Waals surface area contributed by atoms with E-state index in [1.165, 1.54) is 128 Å². The third-order valence-electron chi connectivity index (χ3n) is 15.4. The minimum atomic E-state index is -4.95. The molecular formula is C67H130O17P2. The normalized spacial score (nSPS) is 14.3. The average Bonchev–Trinajstić information content (AvgIpc) is 3.68. The Bertz CT molecular complexity index is 1700. The van der Waals surface area contributed by atoms with E-state index in [0.717, 1.165) is 120 Å². The first-order valence-corrected chi connectivity index (χ1v) is 37.8. The van der Waals surface area contributed by atoms with Crippen molar-refractivity contribution in [1.29, 1.82) is 0 Å². The van der Waals surface area contributed by atoms with Crippen LogP contribution in [0.15, 0.2) is 0 Å². The summed E-state index contributed by atoms with van der Waals surface area (Å²) in [7, 11) is -9.89. The Morgan fingerprint density at radius 3 is 0.791 bits per heavy atom. The van der Waals surface area contributed by atoms with Crippen molar-refractivity contribution in [1.82, 2.24) is 0 Å². The third kappa shape index (κ3) is 60.9. The lowest BCUT2D eigenvalue weighted by molar-refractivity contribution is -0.161. The number of ether oxygens (including phenoxy) is 4. The van der Waals surface area contributed by atoms with E-state index in [9.17, 15) is 43.2 Å². The summed E-state index contributed by atoms with van der Waals surface area (Å²) in [6, 6.07) is 0. The first-order valence-electron chi connectivity index (χ1n) is 34.8. The lowest BCUT2D eigenvalue weighted by Gasteiger charge is -2.21. The Balaban J connectivity index is 5.22. The number of hydrogen-bond acceptors (Lipinski definition) is 15. The smallest absolute Gasteiger partial charge is 0.462 e. The average molecular weight is 1270 g/mol. The van der Waals surface area contributed by atoms with Gasteiger partial charge in [-0.1, -0.05) is 280 Å². The quantitative estimate of drug-likeness (QED) is 0.0222. The Labute approximate surface area is 524 Å². The molecule has 0 saturated carbocycles. The summed E-state index contributed by atoms with van der Waals surface area (Å²) in [5, 5.41) is 10.6. The maximum absolute atomic E-state index is 13.0. The number of carbonyl (C=O) groups is 4. The highest BCUT2D eigenvalue weighted by Crippen LogP contribution is 2.45. The summed E-state index contributed by atoms with van der Waals surface area (Å²) in [6.07, 6.45) is 40.4. The number of phosphoric acid groups is 2. The van der Waals surface area contributed by atoms with Crippen LogP contribution in [0.2, 0.25) is 0 Å². The molecule has 0 aliphatic heterocycles. The van der Waals surface area contributed by atoms with E-state index in [4.69, 9.17) is 37.0 Å². The highest BCUT2D eigenvalue weighted by Gasteiger charge is 2.30. The van der Waals surface area contributed by atoms with Crippen LogP contribution in [0.25, 0.3) is 0 Å². The van der Waals surface area contributed by atoms with E-state index in [-0.39, 0.29) is 25.7 Å². The van der Waals surface area contributed by atoms with Crippen LogP contribution in [-0.2, 0) is 65.4 Å². The van der Waals surface area contributed by atoms with E-state index < -0.39 is 97.5 Å². The lowest BCUT2D eigenvalue weighted by Crippen LogP contribution is -2.30. The number of aliphatic hydroxyl groups is 1. The molecule has 86 heavy (non-hydrogen) atoms. The highest BCUT2D eigenvalue weighted by molar-refractivity contribution is 7.47. The fourth-order valence-electron chi connectivity index (χ4n) is 10.0. The Kier molecular flexibility index (Phi) is 56.9. The third-order valence-corrected chi connectivity index (χ3v) is 17.3. The summed E-state index contributed by atoms with van der Waals surface area (Å²) < 4.78 is 68.1. The van der Waals surface area contributed by atoms with Crippen LogP contribution >= 0.6 is 15.6 Å². The van der Waals surface area contributed by atoms with E-state index in [2.05, 4.69) is 48.5 Å². The van der Waals surface area contributed by atoms with Crippen LogP contribution in [0.5, 0.6) is 0 Å². The monoisotopic (exact) mass is 1270 g/mol. The Morgan fingerprint density at radius 1 is 0.314 bits per heavy atom. The number of hydrogen-bond donors (Lipinski definition) is 3. The van der Waals surface area contributed by atoms with Gasteiger partial charge in [-0.3, -0.25) is 37.3 Å². The highest BCUT2D eigenvalue weighted by atomic mass is 31.2. The van der Waals surface area contributed by atoms with Gasteiger partial charge in [0.05, 0.1) is 26.4 Å². The van der Waals surface area contributed by atoms with Crippen LogP contribution < -0.4 is 0 Å². The molecule has 510 valence electrons. The molecule has 0 aliphatic rings. The molecule has 0 aromatic heterocycles. The molecule has 2 unspecified atom stereocenters. The number of phosphoric ester groups is 2. The van der Waals surface area contributed by atoms with Gasteiger partial charge in [0.2, 0.25) is 0 Å². The molecular weight excluding hydrogens is 1140 g/mol. The maximum Gasteiger partial charge on any atom is 0.472 e. The number of rotatable bonds is 65. The van der Waals surface area contributed by atoms with E-state index in [1.54, 1.807) is 0 Å². The van der Waals surface area contributed by atoms with Crippen molar-refractivity contribution < 1.29 is 80.2 Å². The molecule has 0 aromatic carbocycles. The fraction of sp³-hybridized carbons (Fsp3) is 0.940. The van der Waals surface area contributed by atoms with E-state index >= 15 is 0 Å². The second-order valence-corrected chi connectivity index (χ2v) is 28.5. The van der Waals surface area contributed by atoms with Gasteiger partial charge in [-0.2, -0.15) is 0 Å². The van der Waals surface area contributed by atoms with Gasteiger partial charge in [-0.05, 0) is 43.4 Å². The standard InChI is InChI=1S/C67H130O17P2/c1-8-9-10-11-24-34-41-48-64(69)77-54-62(83-67(72)51-44-37-30-23-17-20-27-33-40-47-60(6)7)56-81-85(73,74)79-52-61(68)53-80-86(75,76)82-57-63(55-78-65(70)49-42-35-28-21-16-15-19-26-32-39-46-59(4)5)84-66(71)50-43-36-29-22-14-12-13-18-25-31-38-45-58(2)3/h58-63,68H,8-57H2,1-7H3,(H,73,74)(H,75,76)/t61-,62+,63+/m0/s1. The zero-order chi connectivity index (χ0) is 63.8. The molecule has 3 N–H and O–H groups in total. The van der Waals surface area contributed by atoms with Crippen LogP contribution in [0.3, 0.4) is 0 Å². The van der Waals surface area contributed by atoms with Crippen molar-refractivity contribution in [2.75, 3.05) is 39.6 Å². The van der Waals surface area contributed by atoms with Crippen LogP contribution in [0.1, 0.15) is 331 Å². The van der Waals surface area contributed by atoms with Gasteiger partial charge >= 0.3 is 39.5 Å². The SMILES string of the molecule is CCCCCCCCCC(=O)OC[C@H](COP(=O)(O)OC[C@H](O)COP(=O)(O)OC[C@@H](COC(=O)CCCCCCCCCCCCC(C)C)OC(=O)CCCCCCCCCCCCCC(C)C)OC(=O)CCCCCCCCCCCC(C)C. The molecule has 0 aliphatic carbocycles. The van der Waals surface area contributed by atoms with Crippen molar-refractivity contribution >= 4 is 39.5 Å². The van der Waals surface area contributed by atoms with Gasteiger partial charge in [0.15, 0.2) is 12.2 Å². The predicted molar refractivity (Wildman–Crippen MR) is 344 cm³/mol. The first kappa shape index (κ1) is 84.1. The summed E-state index contributed by atoms with van der Waals surface area (Å²) in [5.74, 6) is 0.126. The summed E-state index contributed by atoms with van der Waals surface area (Å²) in [6.45, 7) is 11.8. The minimum Gasteiger partial charge on any atom is -0.462 e. The van der Waals surface area contributed by atoms with Crippen LogP contribution in [0.4, 0.5) is 0 Å². The topological polar surface area (TPSA) is 237 Å². The molecule has 0 fully saturated rings. The van der Waals surface area contributed by atoms with Gasteiger partial charge in [0.25, 0.3) is 0 Å². The number of esters is 4. The lowest BCUT2D eigenvalue weighted by atomic mass is 10.0. The van der Waals surface area contributed by atoms with E-state index in [1.807, 2.05) is 0 Å². The molecule has 5 atom stereocenters. The summed E-state index contributed by atoms with van der Waals surface area (Å²) >= 11 is 0. The van der Waals surface area contributed by atoms with Gasteiger partial charge in [0, 0.05) is 25.7 Å². The predicted octanol–water partition coefficient (Wildman–Crippen LogP) is 18.7. The zero-order valence-electron chi connectivity index (χ0n) is 55.8. The van der Waals surface area contributed by atoms with Gasteiger partial charge < -0.3 is 33.8 Å². The fourth-order valence-corrected chi connectivity index (χ4v) is 11.6. The van der Waals surface area contributed by atoms with E-state index in [0.29, 0.717) is 25.7 Å². The molecule has 0 rings (SSSR count). The van der Waals surface area contributed by atoms with Crippen molar-refractivity contribution in [3.8, 4) is 0 Å². The van der Waals surface area contributed by atoms with Gasteiger partial charge in [0.1, 0.15) is 19.3 Å². The summed E-state index contributed by atoms with van der Waals surface area (Å²) in [4.78, 5) is 72.3. The zero-order valence-corrected chi connectivity index (χ0v) is 57.6. The maximum atomic E-state index is 13.0. The van der Waals surface area contributed by atoms with Crippen molar-refractivity contribution in [2.45, 2.75) is 349 Å². The first-order chi connectivity index (χ1) is 41.2. The van der Waals surface area contributed by atoms with Crippen LogP contribution in [0, 0.1) is 17.8 Å². The van der Waals surface area contributed by atoms with Gasteiger partial charge in [-0.25, -0.2) is 9.13 Å². The molecule has 0 bridgehead atoms. The Hall–Kier alpha value is -1.94. The molecule has 0 aromatic rings. The molecule has 0 radical (unpaired) electrons. The second-order valence-electron chi connectivity index (χ2n) is 25.6. The number of aliphatic hydroxyl groups excluding tert-OH is 1. The minimum absolute atomic E-state index is 0.104. The summed E-state index contributed by atoms with van der Waals surface area (Å²) in [5.41, 5.74) is 0. The van der Waals surface area contributed by atoms with Crippen molar-refractivity contribution in [3.05, 3.63) is 0 Å². The molecule has 17 nitrogen and oxygen atoms in total. The largest absolute Gasteiger partial charge is 0.472 e. The number of unbranched alkanes of at least 4 members (excludes halogenated alkanes) is 33.